The zero-order valence-electron chi connectivity index (χ0n) is 33.1. The standard InChI is InChI=1S/C41H68O8/c1-26-19-30(36(3,4)5)32(42)40(21-26,38(9,10)11)23-28(34(44)45)15-17-48-25-49-18-16-29(35(46)47)24-41(39(12,13)14)22-27(2)20-31(33(41)43)37(6,7)8/h19-20,28-29,42-43H,15-18,21-25H2,1-14H3,(H,44,45)(H,46,47). The lowest BCUT2D eigenvalue weighted by molar-refractivity contribution is -0.145. The monoisotopic (exact) mass is 688 g/mol. The minimum atomic E-state index is -0.928. The van der Waals surface area contributed by atoms with Gasteiger partial charge in [-0.25, -0.2) is 0 Å². The maximum atomic E-state index is 12.5. The number of carboxylic acid groups (broad SMARTS) is 2. The number of hydrogen-bond acceptors (Lipinski definition) is 6. The first kappa shape index (κ1) is 42.6. The van der Waals surface area contributed by atoms with Crippen LogP contribution in [0.3, 0.4) is 0 Å². The molecular formula is C41H68O8. The van der Waals surface area contributed by atoms with Crippen LogP contribution in [0.2, 0.25) is 0 Å². The van der Waals surface area contributed by atoms with Crippen molar-refractivity contribution < 1.29 is 39.5 Å². The lowest BCUT2D eigenvalue weighted by Gasteiger charge is -2.49. The maximum absolute atomic E-state index is 12.5. The first-order chi connectivity index (χ1) is 22.1. The quantitative estimate of drug-likeness (QED) is 0.105. The summed E-state index contributed by atoms with van der Waals surface area (Å²) in [5, 5.41) is 43.9. The Morgan fingerprint density at radius 3 is 1.20 bits per heavy atom. The van der Waals surface area contributed by atoms with Gasteiger partial charge in [0, 0.05) is 10.8 Å². The van der Waals surface area contributed by atoms with Crippen LogP contribution in [-0.4, -0.2) is 52.4 Å². The molecule has 0 saturated carbocycles. The van der Waals surface area contributed by atoms with Crippen LogP contribution in [0.1, 0.15) is 135 Å². The number of aliphatic hydroxyl groups excluding tert-OH is 2. The van der Waals surface area contributed by atoms with E-state index >= 15 is 0 Å². The van der Waals surface area contributed by atoms with Crippen molar-refractivity contribution >= 4 is 11.9 Å². The van der Waals surface area contributed by atoms with E-state index in [2.05, 4.69) is 83.1 Å². The highest BCUT2D eigenvalue weighted by Gasteiger charge is 2.52. The lowest BCUT2D eigenvalue weighted by atomic mass is 9.55. The van der Waals surface area contributed by atoms with Gasteiger partial charge in [0.2, 0.25) is 0 Å². The van der Waals surface area contributed by atoms with Crippen molar-refractivity contribution in [3.05, 3.63) is 46.0 Å². The minimum Gasteiger partial charge on any atom is -0.511 e. The van der Waals surface area contributed by atoms with Crippen molar-refractivity contribution in [2.75, 3.05) is 20.0 Å². The van der Waals surface area contributed by atoms with Crippen molar-refractivity contribution in [3.63, 3.8) is 0 Å². The third kappa shape index (κ3) is 9.81. The van der Waals surface area contributed by atoms with E-state index < -0.39 is 45.4 Å². The highest BCUT2D eigenvalue weighted by molar-refractivity contribution is 5.70. The molecule has 0 fully saturated rings. The molecule has 49 heavy (non-hydrogen) atoms. The second-order valence-corrected chi connectivity index (χ2v) is 19.0. The summed E-state index contributed by atoms with van der Waals surface area (Å²) >= 11 is 0. The predicted octanol–water partition coefficient (Wildman–Crippen LogP) is 10.4. The van der Waals surface area contributed by atoms with E-state index in [0.29, 0.717) is 12.8 Å². The van der Waals surface area contributed by atoms with Crippen LogP contribution >= 0.6 is 0 Å². The summed E-state index contributed by atoms with van der Waals surface area (Å²) in [7, 11) is 0. The fourth-order valence-corrected chi connectivity index (χ4v) is 7.80. The lowest BCUT2D eigenvalue weighted by Crippen LogP contribution is -2.44. The fourth-order valence-electron chi connectivity index (χ4n) is 7.80. The zero-order valence-corrected chi connectivity index (χ0v) is 33.1. The molecule has 0 saturated heterocycles. The fraction of sp³-hybridized carbons (Fsp3) is 0.756. The smallest absolute Gasteiger partial charge is 0.306 e. The van der Waals surface area contributed by atoms with E-state index in [-0.39, 0.29) is 68.0 Å². The second-order valence-electron chi connectivity index (χ2n) is 19.0. The van der Waals surface area contributed by atoms with E-state index in [1.54, 1.807) is 0 Å². The molecule has 0 aliphatic heterocycles. The third-order valence-corrected chi connectivity index (χ3v) is 11.1. The molecule has 0 bridgehead atoms. The molecule has 280 valence electrons. The Labute approximate surface area is 296 Å². The van der Waals surface area contributed by atoms with Crippen molar-refractivity contribution in [2.45, 2.75) is 135 Å². The van der Waals surface area contributed by atoms with Gasteiger partial charge in [-0.05, 0) is 85.2 Å². The largest absolute Gasteiger partial charge is 0.511 e. The number of hydrogen-bond donors (Lipinski definition) is 4. The molecule has 4 atom stereocenters. The maximum Gasteiger partial charge on any atom is 0.306 e. The number of carboxylic acids is 2. The van der Waals surface area contributed by atoms with Gasteiger partial charge in [-0.1, -0.05) is 106 Å². The first-order valence-electron chi connectivity index (χ1n) is 17.9. The Bertz CT molecular complexity index is 1230. The van der Waals surface area contributed by atoms with Gasteiger partial charge in [0.1, 0.15) is 18.3 Å². The molecule has 8 nitrogen and oxygen atoms in total. The molecule has 0 aromatic heterocycles. The Hall–Kier alpha value is -2.58. The zero-order chi connectivity index (χ0) is 38.0. The molecule has 0 spiro atoms. The molecule has 0 heterocycles. The van der Waals surface area contributed by atoms with Gasteiger partial charge in [-0.3, -0.25) is 9.59 Å². The molecule has 0 radical (unpaired) electrons. The van der Waals surface area contributed by atoms with Crippen molar-refractivity contribution in [1.29, 1.82) is 0 Å². The second kappa shape index (κ2) is 15.3. The van der Waals surface area contributed by atoms with Gasteiger partial charge >= 0.3 is 11.9 Å². The number of aliphatic hydroxyl groups is 2. The average molecular weight is 689 g/mol. The number of allylic oxidation sites excluding steroid dienone is 8. The van der Waals surface area contributed by atoms with Crippen molar-refractivity contribution in [3.8, 4) is 0 Å². The molecule has 2 rings (SSSR count). The molecule has 2 aliphatic rings. The SMILES string of the molecule is CC1=CC(C(C)(C)C)=C(O)C(CC(CCOCOCCC(CC2(C(C)(C)C)CC(C)=CC(C(C)(C)C)=C2O)C(=O)O)C(=O)O)(C(C)(C)C)C1. The van der Waals surface area contributed by atoms with Gasteiger partial charge in [-0.2, -0.15) is 0 Å². The van der Waals surface area contributed by atoms with E-state index in [1.165, 1.54) is 0 Å². The number of rotatable bonds is 14. The molecule has 2 aliphatic carbocycles. The summed E-state index contributed by atoms with van der Waals surface area (Å²) in [5.41, 5.74) is 1.06. The summed E-state index contributed by atoms with van der Waals surface area (Å²) in [6.45, 7) is 29.0. The molecule has 0 aromatic rings. The normalized spacial score (nSPS) is 24.0. The molecule has 0 aromatic carbocycles. The van der Waals surface area contributed by atoms with Gasteiger partial charge < -0.3 is 29.9 Å². The van der Waals surface area contributed by atoms with Crippen LogP contribution in [0, 0.1) is 44.3 Å². The summed E-state index contributed by atoms with van der Waals surface area (Å²) in [5.74, 6) is -2.78. The van der Waals surface area contributed by atoms with Crippen molar-refractivity contribution in [2.24, 2.45) is 44.3 Å². The molecule has 0 amide bonds. The van der Waals surface area contributed by atoms with Crippen LogP contribution in [0.5, 0.6) is 0 Å². The molecule has 4 N–H and O–H groups in total. The Morgan fingerprint density at radius 2 is 0.959 bits per heavy atom. The van der Waals surface area contributed by atoms with E-state index in [1.807, 2.05) is 26.0 Å². The predicted molar refractivity (Wildman–Crippen MR) is 196 cm³/mol. The summed E-state index contributed by atoms with van der Waals surface area (Å²) in [6.07, 6.45) is 6.29. The first-order valence-corrected chi connectivity index (χ1v) is 17.9. The van der Waals surface area contributed by atoms with Gasteiger partial charge in [0.15, 0.2) is 0 Å². The topological polar surface area (TPSA) is 134 Å². The molecule has 8 heteroatoms. The third-order valence-electron chi connectivity index (χ3n) is 11.1. The Balaban J connectivity index is 2.09. The van der Waals surface area contributed by atoms with Crippen LogP contribution in [-0.2, 0) is 19.1 Å². The summed E-state index contributed by atoms with van der Waals surface area (Å²) in [6, 6.07) is 0. The number of ether oxygens (including phenoxy) is 2. The van der Waals surface area contributed by atoms with Crippen LogP contribution < -0.4 is 0 Å². The average Bonchev–Trinajstić information content (AvgIpc) is 2.91. The highest BCUT2D eigenvalue weighted by atomic mass is 16.7. The summed E-state index contributed by atoms with van der Waals surface area (Å²) in [4.78, 5) is 25.0. The van der Waals surface area contributed by atoms with Crippen molar-refractivity contribution in [1.82, 2.24) is 0 Å². The Kier molecular flexibility index (Phi) is 13.3. The van der Waals surface area contributed by atoms with Gasteiger partial charge in [-0.15, -0.1) is 0 Å². The summed E-state index contributed by atoms with van der Waals surface area (Å²) < 4.78 is 11.4. The van der Waals surface area contributed by atoms with E-state index in [9.17, 15) is 30.0 Å². The molecular weight excluding hydrogens is 620 g/mol. The number of aliphatic carboxylic acids is 2. The Morgan fingerprint density at radius 1 is 0.653 bits per heavy atom. The van der Waals surface area contributed by atoms with Crippen LogP contribution in [0.15, 0.2) is 46.0 Å². The number of carbonyl (C=O) groups is 2. The molecule has 4 unspecified atom stereocenters. The van der Waals surface area contributed by atoms with E-state index in [0.717, 1.165) is 22.3 Å². The minimum absolute atomic E-state index is 0.0875. The van der Waals surface area contributed by atoms with Crippen LogP contribution in [0.25, 0.3) is 0 Å². The van der Waals surface area contributed by atoms with E-state index in [4.69, 9.17) is 9.47 Å². The van der Waals surface area contributed by atoms with Gasteiger partial charge in [0.25, 0.3) is 0 Å². The van der Waals surface area contributed by atoms with Gasteiger partial charge in [0.05, 0.1) is 25.0 Å². The highest BCUT2D eigenvalue weighted by Crippen LogP contribution is 2.58. The van der Waals surface area contributed by atoms with Crippen LogP contribution in [0.4, 0.5) is 0 Å².